The first-order valence-corrected chi connectivity index (χ1v) is 11.5. The van der Waals surface area contributed by atoms with Crippen LogP contribution in [0.3, 0.4) is 0 Å². The van der Waals surface area contributed by atoms with Gasteiger partial charge in [-0.1, -0.05) is 54.6 Å². The Hall–Kier alpha value is -4.06. The van der Waals surface area contributed by atoms with Gasteiger partial charge in [-0.25, -0.2) is 0 Å². The second kappa shape index (κ2) is 9.06. The van der Waals surface area contributed by atoms with E-state index in [1.54, 1.807) is 18.0 Å². The van der Waals surface area contributed by atoms with Crippen LogP contribution in [0.25, 0.3) is 10.9 Å². The summed E-state index contributed by atoms with van der Waals surface area (Å²) in [6, 6.07) is 22.6. The van der Waals surface area contributed by atoms with Gasteiger partial charge in [0.15, 0.2) is 0 Å². The number of nitrogens with one attached hydrogen (secondary N) is 2. The van der Waals surface area contributed by atoms with Crippen molar-refractivity contribution < 1.29 is 14.3 Å². The first kappa shape index (κ1) is 21.8. The summed E-state index contributed by atoms with van der Waals surface area (Å²) in [6.07, 6.45) is 1.91. The maximum Gasteiger partial charge on any atom is 0.254 e. The minimum absolute atomic E-state index is 0.0865. The molecule has 0 saturated heterocycles. The van der Waals surface area contributed by atoms with Gasteiger partial charge < -0.3 is 19.9 Å². The lowest BCUT2D eigenvalue weighted by Crippen LogP contribution is -2.45. The van der Waals surface area contributed by atoms with E-state index < -0.39 is 12.0 Å². The molecule has 0 fully saturated rings. The van der Waals surface area contributed by atoms with Crippen molar-refractivity contribution in [3.8, 4) is 5.75 Å². The number of benzene rings is 3. The molecule has 1 aliphatic heterocycles. The fourth-order valence-corrected chi connectivity index (χ4v) is 4.92. The Morgan fingerprint density at radius 1 is 1.00 bits per heavy atom. The van der Waals surface area contributed by atoms with E-state index in [0.717, 1.165) is 33.3 Å². The first-order valence-electron chi connectivity index (χ1n) is 11.5. The summed E-state index contributed by atoms with van der Waals surface area (Å²) in [4.78, 5) is 32.1. The molecule has 0 aliphatic carbocycles. The van der Waals surface area contributed by atoms with Gasteiger partial charge in [0, 0.05) is 47.4 Å². The highest BCUT2D eigenvalue weighted by molar-refractivity contribution is 6.02. The molecule has 34 heavy (non-hydrogen) atoms. The Morgan fingerprint density at radius 2 is 1.74 bits per heavy atom. The van der Waals surface area contributed by atoms with Crippen LogP contribution in [0, 0.1) is 0 Å². The monoisotopic (exact) mass is 453 g/mol. The lowest BCUT2D eigenvalue weighted by molar-refractivity contribution is -0.124. The zero-order valence-electron chi connectivity index (χ0n) is 19.2. The number of amides is 2. The second-order valence-corrected chi connectivity index (χ2v) is 8.47. The van der Waals surface area contributed by atoms with Crippen LogP contribution in [0.1, 0.15) is 45.9 Å². The third-order valence-electron chi connectivity index (χ3n) is 6.53. The molecule has 4 aromatic rings. The molecule has 2 amide bonds. The number of H-pyrrole nitrogens is 1. The van der Waals surface area contributed by atoms with Crippen molar-refractivity contribution in [2.45, 2.75) is 25.4 Å². The summed E-state index contributed by atoms with van der Waals surface area (Å²) in [6.45, 7) is 2.83. The zero-order chi connectivity index (χ0) is 23.7. The molecule has 2 atom stereocenters. The minimum Gasteiger partial charge on any atom is -0.494 e. The summed E-state index contributed by atoms with van der Waals surface area (Å²) >= 11 is 0. The molecule has 1 aromatic heterocycles. The van der Waals surface area contributed by atoms with Crippen molar-refractivity contribution in [2.24, 2.45) is 0 Å². The zero-order valence-corrected chi connectivity index (χ0v) is 19.2. The molecule has 2 unspecified atom stereocenters. The van der Waals surface area contributed by atoms with Gasteiger partial charge in [-0.2, -0.15) is 0 Å². The Morgan fingerprint density at radius 3 is 2.59 bits per heavy atom. The molecule has 2 N–H and O–H groups in total. The van der Waals surface area contributed by atoms with Crippen molar-refractivity contribution in [1.82, 2.24) is 15.2 Å². The maximum absolute atomic E-state index is 13.8. The van der Waals surface area contributed by atoms with Gasteiger partial charge in [-0.05, 0) is 30.7 Å². The molecule has 0 saturated carbocycles. The first-order chi connectivity index (χ1) is 16.6. The van der Waals surface area contributed by atoms with E-state index in [4.69, 9.17) is 4.74 Å². The Kier molecular flexibility index (Phi) is 5.80. The van der Waals surface area contributed by atoms with Gasteiger partial charge in [0.05, 0.1) is 18.6 Å². The van der Waals surface area contributed by atoms with E-state index >= 15 is 0 Å². The molecule has 0 radical (unpaired) electrons. The molecule has 0 spiro atoms. The van der Waals surface area contributed by atoms with Crippen molar-refractivity contribution in [2.75, 3.05) is 13.7 Å². The summed E-state index contributed by atoms with van der Waals surface area (Å²) in [5.74, 6) is -0.0165. The lowest BCUT2D eigenvalue weighted by Gasteiger charge is -2.39. The Labute approximate surface area is 198 Å². The normalized spacial score (nSPS) is 17.5. The van der Waals surface area contributed by atoms with Crippen molar-refractivity contribution in [3.05, 3.63) is 101 Å². The van der Waals surface area contributed by atoms with Crippen molar-refractivity contribution in [3.63, 3.8) is 0 Å². The second-order valence-electron chi connectivity index (χ2n) is 8.47. The van der Waals surface area contributed by atoms with Gasteiger partial charge in [-0.3, -0.25) is 9.59 Å². The number of aromatic nitrogens is 1. The molecule has 3 aromatic carbocycles. The van der Waals surface area contributed by atoms with Gasteiger partial charge in [0.25, 0.3) is 5.91 Å². The summed E-state index contributed by atoms with van der Waals surface area (Å²) in [5.41, 5.74) is 4.13. The third kappa shape index (κ3) is 3.71. The molecule has 172 valence electrons. The van der Waals surface area contributed by atoms with Crippen LogP contribution in [-0.4, -0.2) is 35.4 Å². The van der Waals surface area contributed by atoms with E-state index in [1.165, 1.54) is 0 Å². The molecule has 6 heteroatoms. The number of hydrogen-bond donors (Lipinski definition) is 2. The largest absolute Gasteiger partial charge is 0.494 e. The van der Waals surface area contributed by atoms with E-state index in [0.29, 0.717) is 18.7 Å². The molecular formula is C28H27N3O3. The van der Waals surface area contributed by atoms with Gasteiger partial charge in [-0.15, -0.1) is 0 Å². The molecular weight excluding hydrogens is 426 g/mol. The predicted octanol–water partition coefficient (Wildman–Crippen LogP) is 4.79. The van der Waals surface area contributed by atoms with Crippen LogP contribution in [-0.2, 0) is 11.3 Å². The van der Waals surface area contributed by atoms with Crippen LogP contribution in [0.2, 0.25) is 0 Å². The van der Waals surface area contributed by atoms with Crippen molar-refractivity contribution >= 4 is 22.7 Å². The Bertz CT molecular complexity index is 1360. The van der Waals surface area contributed by atoms with Gasteiger partial charge >= 0.3 is 0 Å². The number of carbonyl (C=O) groups is 2. The number of hydrogen-bond acceptors (Lipinski definition) is 3. The average molecular weight is 454 g/mol. The van der Waals surface area contributed by atoms with Crippen LogP contribution >= 0.6 is 0 Å². The standard InChI is InChI=1S/C28H27N3O3/c1-3-34-24-15-9-4-10-18(24)16-30-27(32)25-20-12-5-6-13-21(20)28(33)31(2)26(25)22-17-29-23-14-8-7-11-19(22)23/h4-15,17,25-26,29H,3,16H2,1-2H3,(H,30,32). The Balaban J connectivity index is 1.55. The molecule has 6 nitrogen and oxygen atoms in total. The lowest BCUT2D eigenvalue weighted by atomic mass is 9.79. The summed E-state index contributed by atoms with van der Waals surface area (Å²) < 4.78 is 5.72. The fraction of sp³-hybridized carbons (Fsp3) is 0.214. The topological polar surface area (TPSA) is 74.4 Å². The average Bonchev–Trinajstić information content (AvgIpc) is 3.29. The quantitative estimate of drug-likeness (QED) is 0.441. The maximum atomic E-state index is 13.8. The molecule has 0 bridgehead atoms. The van der Waals surface area contributed by atoms with Gasteiger partial charge in [0.2, 0.25) is 5.91 Å². The molecule has 1 aliphatic rings. The number of rotatable bonds is 6. The van der Waals surface area contributed by atoms with Crippen molar-refractivity contribution in [1.29, 1.82) is 0 Å². The highest BCUT2D eigenvalue weighted by atomic mass is 16.5. The minimum atomic E-state index is -0.558. The smallest absolute Gasteiger partial charge is 0.254 e. The van der Waals surface area contributed by atoms with Gasteiger partial charge in [0.1, 0.15) is 5.75 Å². The van der Waals surface area contributed by atoms with E-state index in [-0.39, 0.29) is 11.8 Å². The van der Waals surface area contributed by atoms with Crippen LogP contribution in [0.15, 0.2) is 79.0 Å². The number of carbonyl (C=O) groups excluding carboxylic acids is 2. The van der Waals surface area contributed by atoms with Crippen LogP contribution < -0.4 is 10.1 Å². The number of fused-ring (bicyclic) bond motifs is 2. The number of aromatic amines is 1. The summed E-state index contributed by atoms with van der Waals surface area (Å²) in [5, 5.41) is 4.12. The fourth-order valence-electron chi connectivity index (χ4n) is 4.92. The number of likely N-dealkylation sites (N-methyl/N-ethyl adjacent to an activating group) is 1. The van der Waals surface area contributed by atoms with E-state index in [1.807, 2.05) is 79.9 Å². The number of nitrogens with zero attached hydrogens (tertiary/aromatic N) is 1. The predicted molar refractivity (Wildman–Crippen MR) is 132 cm³/mol. The number of ether oxygens (including phenoxy) is 1. The molecule has 2 heterocycles. The SMILES string of the molecule is CCOc1ccccc1CNC(=O)C1c2ccccc2C(=O)N(C)C1c1c[nH]c2ccccc12. The highest BCUT2D eigenvalue weighted by Gasteiger charge is 2.43. The number of para-hydroxylation sites is 2. The van der Waals surface area contributed by atoms with E-state index in [9.17, 15) is 9.59 Å². The highest BCUT2D eigenvalue weighted by Crippen LogP contribution is 2.44. The third-order valence-corrected chi connectivity index (χ3v) is 6.53. The van der Waals surface area contributed by atoms with E-state index in [2.05, 4.69) is 10.3 Å². The summed E-state index contributed by atoms with van der Waals surface area (Å²) in [7, 11) is 1.77. The van der Waals surface area contributed by atoms with Crippen LogP contribution in [0.4, 0.5) is 0 Å². The molecule has 5 rings (SSSR count). The van der Waals surface area contributed by atoms with Crippen LogP contribution in [0.5, 0.6) is 5.75 Å².